The van der Waals surface area contributed by atoms with Crippen LogP contribution in [0, 0.1) is 6.92 Å². The third-order valence-electron chi connectivity index (χ3n) is 2.25. The molecule has 0 bridgehead atoms. The van der Waals surface area contributed by atoms with Gasteiger partial charge in [0.2, 0.25) is 0 Å². The third-order valence-corrected chi connectivity index (χ3v) is 3.77. The summed E-state index contributed by atoms with van der Waals surface area (Å²) in [6, 6.07) is 7.51. The lowest BCUT2D eigenvalue weighted by Crippen LogP contribution is -2.25. The van der Waals surface area contributed by atoms with Crippen molar-refractivity contribution >= 4 is 17.1 Å². The Morgan fingerprint density at radius 2 is 1.94 bits per heavy atom. The van der Waals surface area contributed by atoms with Gasteiger partial charge in [0, 0.05) is 5.56 Å². The van der Waals surface area contributed by atoms with Gasteiger partial charge < -0.3 is 9.29 Å². The number of esters is 1. The van der Waals surface area contributed by atoms with Crippen LogP contribution in [0.1, 0.15) is 32.8 Å². The minimum absolute atomic E-state index is 0.179. The standard InChI is InChI=1S/C14H20O3S/c1-11-7-5-6-8-12(11)18(16)10-9-13(15)17-14(2,3)4/h5-8H,9-10H2,1-4H3. The maximum absolute atomic E-state index is 12.0. The van der Waals surface area contributed by atoms with Crippen LogP contribution in [0.4, 0.5) is 0 Å². The average Bonchev–Trinajstić information content (AvgIpc) is 2.24. The topological polar surface area (TPSA) is 49.4 Å². The van der Waals surface area contributed by atoms with E-state index in [9.17, 15) is 9.35 Å². The van der Waals surface area contributed by atoms with E-state index in [2.05, 4.69) is 0 Å². The minimum Gasteiger partial charge on any atom is -0.611 e. The molecule has 100 valence electrons. The van der Waals surface area contributed by atoms with Crippen molar-refractivity contribution in [3.05, 3.63) is 29.8 Å². The molecular weight excluding hydrogens is 248 g/mol. The summed E-state index contributed by atoms with van der Waals surface area (Å²) in [5, 5.41) is 0. The first-order valence-corrected chi connectivity index (χ1v) is 7.27. The zero-order valence-corrected chi connectivity index (χ0v) is 12.2. The Morgan fingerprint density at radius 1 is 1.33 bits per heavy atom. The molecule has 0 amide bonds. The number of ether oxygens (including phenoxy) is 1. The van der Waals surface area contributed by atoms with Crippen molar-refractivity contribution in [2.75, 3.05) is 5.75 Å². The SMILES string of the molecule is Cc1ccccc1[S+]([O-])CCC(=O)OC(C)(C)C. The van der Waals surface area contributed by atoms with E-state index in [1.54, 1.807) is 0 Å². The maximum atomic E-state index is 12.0. The van der Waals surface area contributed by atoms with E-state index in [0.717, 1.165) is 10.5 Å². The van der Waals surface area contributed by atoms with Crippen LogP contribution in [-0.2, 0) is 20.7 Å². The fraction of sp³-hybridized carbons (Fsp3) is 0.500. The van der Waals surface area contributed by atoms with Gasteiger partial charge in [0.05, 0.1) is 6.42 Å². The molecule has 0 radical (unpaired) electrons. The van der Waals surface area contributed by atoms with Crippen molar-refractivity contribution in [3.63, 3.8) is 0 Å². The van der Waals surface area contributed by atoms with E-state index in [4.69, 9.17) is 4.74 Å². The van der Waals surface area contributed by atoms with E-state index in [-0.39, 0.29) is 12.4 Å². The van der Waals surface area contributed by atoms with Crippen LogP contribution in [0.25, 0.3) is 0 Å². The fourth-order valence-electron chi connectivity index (χ4n) is 1.49. The van der Waals surface area contributed by atoms with Gasteiger partial charge in [0.1, 0.15) is 11.4 Å². The molecule has 1 atom stereocenters. The molecule has 0 aliphatic carbocycles. The zero-order chi connectivity index (χ0) is 13.8. The molecule has 1 rings (SSSR count). The monoisotopic (exact) mass is 268 g/mol. The van der Waals surface area contributed by atoms with Crippen molar-refractivity contribution in [2.24, 2.45) is 0 Å². The number of rotatable bonds is 4. The van der Waals surface area contributed by atoms with E-state index in [0.29, 0.717) is 5.75 Å². The molecule has 0 aromatic heterocycles. The first-order valence-electron chi connectivity index (χ1n) is 5.95. The summed E-state index contributed by atoms with van der Waals surface area (Å²) < 4.78 is 17.2. The van der Waals surface area contributed by atoms with Crippen LogP contribution in [-0.4, -0.2) is 21.9 Å². The van der Waals surface area contributed by atoms with Gasteiger partial charge in [0.25, 0.3) is 0 Å². The Morgan fingerprint density at radius 3 is 2.50 bits per heavy atom. The fourth-order valence-corrected chi connectivity index (χ4v) is 2.72. The largest absolute Gasteiger partial charge is 0.611 e. The average molecular weight is 268 g/mol. The van der Waals surface area contributed by atoms with Crippen LogP contribution in [0.3, 0.4) is 0 Å². The van der Waals surface area contributed by atoms with Gasteiger partial charge in [-0.3, -0.25) is 4.79 Å². The molecular formula is C14H20O3S. The number of benzene rings is 1. The molecule has 0 aliphatic heterocycles. The summed E-state index contributed by atoms with van der Waals surface area (Å²) in [7, 11) is 0. The molecule has 0 saturated carbocycles. The molecule has 18 heavy (non-hydrogen) atoms. The number of carbonyl (C=O) groups excluding carboxylic acids is 1. The van der Waals surface area contributed by atoms with Crippen molar-refractivity contribution in [2.45, 2.75) is 44.6 Å². The first kappa shape index (κ1) is 15.1. The first-order chi connectivity index (χ1) is 8.29. The summed E-state index contributed by atoms with van der Waals surface area (Å²) in [4.78, 5) is 12.3. The van der Waals surface area contributed by atoms with E-state index in [1.165, 1.54) is 0 Å². The Labute approximate surface area is 112 Å². The maximum Gasteiger partial charge on any atom is 0.311 e. The minimum atomic E-state index is -1.14. The van der Waals surface area contributed by atoms with E-state index >= 15 is 0 Å². The van der Waals surface area contributed by atoms with Crippen LogP contribution in [0.2, 0.25) is 0 Å². The summed E-state index contributed by atoms with van der Waals surface area (Å²) in [6.45, 7) is 7.39. The van der Waals surface area contributed by atoms with Crippen molar-refractivity contribution in [1.29, 1.82) is 0 Å². The third kappa shape index (κ3) is 5.10. The lowest BCUT2D eigenvalue weighted by atomic mass is 10.2. The molecule has 0 spiro atoms. The van der Waals surface area contributed by atoms with Gasteiger partial charge in [-0.05, 0) is 44.9 Å². The number of carbonyl (C=O) groups is 1. The Hall–Kier alpha value is -1.00. The van der Waals surface area contributed by atoms with Crippen molar-refractivity contribution in [1.82, 2.24) is 0 Å². The predicted octanol–water partition coefficient (Wildman–Crippen LogP) is 2.83. The van der Waals surface area contributed by atoms with E-state index < -0.39 is 16.8 Å². The molecule has 0 heterocycles. The van der Waals surface area contributed by atoms with Gasteiger partial charge in [0.15, 0.2) is 4.90 Å². The lowest BCUT2D eigenvalue weighted by molar-refractivity contribution is -0.154. The van der Waals surface area contributed by atoms with Gasteiger partial charge in [-0.25, -0.2) is 0 Å². The van der Waals surface area contributed by atoms with Gasteiger partial charge in [-0.1, -0.05) is 18.2 Å². The molecule has 3 nitrogen and oxygen atoms in total. The number of hydrogen-bond acceptors (Lipinski definition) is 3. The molecule has 0 N–H and O–H groups in total. The highest BCUT2D eigenvalue weighted by atomic mass is 32.2. The summed E-state index contributed by atoms with van der Waals surface area (Å²) in [6.07, 6.45) is 0.179. The smallest absolute Gasteiger partial charge is 0.311 e. The number of aryl methyl sites for hydroxylation is 1. The van der Waals surface area contributed by atoms with Gasteiger partial charge >= 0.3 is 5.97 Å². The Kier molecular flexibility index (Phi) is 5.23. The normalized spacial score (nSPS) is 13.2. The predicted molar refractivity (Wildman–Crippen MR) is 72.9 cm³/mol. The summed E-state index contributed by atoms with van der Waals surface area (Å²) in [5.74, 6) is 0.00387. The van der Waals surface area contributed by atoms with Crippen LogP contribution >= 0.6 is 0 Å². The van der Waals surface area contributed by atoms with Gasteiger partial charge in [-0.2, -0.15) is 0 Å². The molecule has 1 aromatic carbocycles. The Balaban J connectivity index is 2.49. The van der Waals surface area contributed by atoms with E-state index in [1.807, 2.05) is 52.0 Å². The second kappa shape index (κ2) is 6.25. The molecule has 0 saturated heterocycles. The zero-order valence-electron chi connectivity index (χ0n) is 11.4. The van der Waals surface area contributed by atoms with Gasteiger partial charge in [-0.15, -0.1) is 0 Å². The highest BCUT2D eigenvalue weighted by molar-refractivity contribution is 7.91. The molecule has 1 aromatic rings. The second-order valence-corrected chi connectivity index (χ2v) is 6.69. The molecule has 0 fully saturated rings. The molecule has 4 heteroatoms. The highest BCUT2D eigenvalue weighted by Gasteiger charge is 2.20. The number of hydrogen-bond donors (Lipinski definition) is 0. The van der Waals surface area contributed by atoms with Crippen LogP contribution in [0.15, 0.2) is 29.2 Å². The van der Waals surface area contributed by atoms with Crippen LogP contribution in [0.5, 0.6) is 0 Å². The molecule has 1 unspecified atom stereocenters. The van der Waals surface area contributed by atoms with Crippen LogP contribution < -0.4 is 0 Å². The summed E-state index contributed by atoms with van der Waals surface area (Å²) in [5.41, 5.74) is 0.501. The lowest BCUT2D eigenvalue weighted by Gasteiger charge is -2.19. The Bertz CT molecular complexity index is 410. The second-order valence-electron chi connectivity index (χ2n) is 5.15. The quantitative estimate of drug-likeness (QED) is 0.623. The van der Waals surface area contributed by atoms with Crippen molar-refractivity contribution < 1.29 is 14.1 Å². The molecule has 0 aliphatic rings. The van der Waals surface area contributed by atoms with Crippen molar-refractivity contribution in [3.8, 4) is 0 Å². The summed E-state index contributed by atoms with van der Waals surface area (Å²) >= 11 is -1.14. The highest BCUT2D eigenvalue weighted by Crippen LogP contribution is 2.17.